The maximum Gasteiger partial charge on any atom is 0.339 e. The molecule has 2 heterocycles. The number of nitrogens with zero attached hydrogens (tertiary/aromatic N) is 3. The van der Waals surface area contributed by atoms with Crippen molar-refractivity contribution >= 4 is 23.0 Å². The van der Waals surface area contributed by atoms with E-state index in [-0.39, 0.29) is 17.1 Å². The number of aryl methyl sites for hydroxylation is 1. The highest BCUT2D eigenvalue weighted by Gasteiger charge is 2.22. The summed E-state index contributed by atoms with van der Waals surface area (Å²) in [6, 6.07) is 7.86. The van der Waals surface area contributed by atoms with Gasteiger partial charge in [-0.25, -0.2) is 4.79 Å². The summed E-state index contributed by atoms with van der Waals surface area (Å²) < 4.78 is 10.8. The summed E-state index contributed by atoms with van der Waals surface area (Å²) in [6.07, 6.45) is -0.783. The van der Waals surface area contributed by atoms with Crippen LogP contribution >= 0.6 is 11.3 Å². The molecule has 1 aromatic carbocycles. The highest BCUT2D eigenvalue weighted by molar-refractivity contribution is 7.13. The van der Waals surface area contributed by atoms with E-state index in [4.69, 9.17) is 9.15 Å². The summed E-state index contributed by atoms with van der Waals surface area (Å²) in [4.78, 5) is 23.5. The lowest BCUT2D eigenvalue weighted by Crippen LogP contribution is -2.10. The van der Waals surface area contributed by atoms with Crippen LogP contribution in [0.25, 0.3) is 10.8 Å². The van der Waals surface area contributed by atoms with Gasteiger partial charge in [0.25, 0.3) is 17.5 Å². The van der Waals surface area contributed by atoms with Gasteiger partial charge in [0.15, 0.2) is 6.10 Å². The Balaban J connectivity index is 1.75. The summed E-state index contributed by atoms with van der Waals surface area (Å²) in [5, 5.41) is 20.7. The van der Waals surface area contributed by atoms with Gasteiger partial charge in [0, 0.05) is 11.6 Å². The van der Waals surface area contributed by atoms with Gasteiger partial charge in [-0.2, -0.15) is 0 Å². The molecule has 0 N–H and O–H groups in total. The minimum atomic E-state index is -0.783. The summed E-state index contributed by atoms with van der Waals surface area (Å²) in [7, 11) is 0. The van der Waals surface area contributed by atoms with Crippen LogP contribution < -0.4 is 0 Å². The summed E-state index contributed by atoms with van der Waals surface area (Å²) in [5.74, 6) is -0.205. The number of benzene rings is 1. The van der Waals surface area contributed by atoms with E-state index in [9.17, 15) is 14.9 Å². The predicted molar refractivity (Wildman–Crippen MR) is 89.3 cm³/mol. The Bertz CT molecular complexity index is 920. The minimum Gasteiger partial charge on any atom is -0.449 e. The van der Waals surface area contributed by atoms with Crippen molar-refractivity contribution < 1.29 is 18.9 Å². The van der Waals surface area contributed by atoms with Gasteiger partial charge < -0.3 is 9.15 Å². The lowest BCUT2D eigenvalue weighted by atomic mass is 10.1. The normalized spacial score (nSPS) is 11.9. The van der Waals surface area contributed by atoms with Crippen molar-refractivity contribution in [2.24, 2.45) is 0 Å². The largest absolute Gasteiger partial charge is 0.449 e. The number of nitro groups is 1. The van der Waals surface area contributed by atoms with E-state index in [1.807, 2.05) is 17.5 Å². The number of carbonyl (C=O) groups is 1. The van der Waals surface area contributed by atoms with Crippen molar-refractivity contribution in [3.05, 3.63) is 62.8 Å². The molecule has 0 spiro atoms. The molecule has 2 aromatic heterocycles. The zero-order valence-corrected chi connectivity index (χ0v) is 14.1. The predicted octanol–water partition coefficient (Wildman–Crippen LogP) is 3.93. The quantitative estimate of drug-likeness (QED) is 0.386. The maximum atomic E-state index is 12.2. The summed E-state index contributed by atoms with van der Waals surface area (Å²) in [6.45, 7) is 3.19. The second kappa shape index (κ2) is 6.81. The van der Waals surface area contributed by atoms with Gasteiger partial charge in [-0.15, -0.1) is 21.5 Å². The van der Waals surface area contributed by atoms with Crippen molar-refractivity contribution in [2.75, 3.05) is 0 Å². The molecule has 9 heteroatoms. The number of aromatic nitrogens is 2. The molecule has 0 saturated heterocycles. The lowest BCUT2D eigenvalue weighted by Gasteiger charge is -2.09. The number of ether oxygens (including phenoxy) is 1. The van der Waals surface area contributed by atoms with Gasteiger partial charge in [-0.3, -0.25) is 10.1 Å². The van der Waals surface area contributed by atoms with Gasteiger partial charge >= 0.3 is 5.97 Å². The Morgan fingerprint density at radius 1 is 1.36 bits per heavy atom. The molecule has 0 saturated carbocycles. The molecule has 3 rings (SSSR count). The topological polar surface area (TPSA) is 108 Å². The van der Waals surface area contributed by atoms with E-state index < -0.39 is 17.0 Å². The Labute approximate surface area is 146 Å². The van der Waals surface area contributed by atoms with Crippen LogP contribution in [-0.2, 0) is 4.74 Å². The van der Waals surface area contributed by atoms with Gasteiger partial charge in [-0.1, -0.05) is 12.1 Å². The number of hydrogen-bond acceptors (Lipinski definition) is 8. The summed E-state index contributed by atoms with van der Waals surface area (Å²) >= 11 is 1.45. The van der Waals surface area contributed by atoms with Gasteiger partial charge in [0.2, 0.25) is 0 Å². The second-order valence-corrected chi connectivity index (χ2v) is 6.18. The lowest BCUT2D eigenvalue weighted by molar-refractivity contribution is -0.385. The molecule has 0 bridgehead atoms. The summed E-state index contributed by atoms with van der Waals surface area (Å²) in [5.41, 5.74) is 0.411. The fourth-order valence-corrected chi connectivity index (χ4v) is 2.75. The SMILES string of the molecule is Cc1ccc(C(=O)O[C@@H](C)c2nnc(-c3cccs3)o2)cc1[N+](=O)[O-]. The van der Waals surface area contributed by atoms with Crippen molar-refractivity contribution in [3.63, 3.8) is 0 Å². The van der Waals surface area contributed by atoms with E-state index in [2.05, 4.69) is 10.2 Å². The average Bonchev–Trinajstić information content (AvgIpc) is 3.26. The Morgan fingerprint density at radius 3 is 2.84 bits per heavy atom. The number of hydrogen-bond donors (Lipinski definition) is 0. The molecular formula is C16H13N3O5S. The fourth-order valence-electron chi connectivity index (χ4n) is 2.11. The van der Waals surface area contributed by atoms with Crippen LogP contribution in [-0.4, -0.2) is 21.1 Å². The third kappa shape index (κ3) is 3.56. The smallest absolute Gasteiger partial charge is 0.339 e. The van der Waals surface area contributed by atoms with Crippen LogP contribution in [0.4, 0.5) is 5.69 Å². The molecule has 3 aromatic rings. The van der Waals surface area contributed by atoms with Crippen LogP contribution in [0.5, 0.6) is 0 Å². The highest BCUT2D eigenvalue weighted by atomic mass is 32.1. The van der Waals surface area contributed by atoms with E-state index in [0.717, 1.165) is 4.88 Å². The zero-order valence-electron chi connectivity index (χ0n) is 13.3. The van der Waals surface area contributed by atoms with Gasteiger partial charge in [0.05, 0.1) is 15.4 Å². The molecule has 25 heavy (non-hydrogen) atoms. The third-order valence-corrected chi connectivity index (χ3v) is 4.30. The van der Waals surface area contributed by atoms with E-state index in [1.165, 1.54) is 29.5 Å². The molecule has 0 aliphatic heterocycles. The number of carbonyl (C=O) groups excluding carboxylic acids is 1. The first-order valence-electron chi connectivity index (χ1n) is 7.29. The van der Waals surface area contributed by atoms with Crippen LogP contribution in [0, 0.1) is 17.0 Å². The van der Waals surface area contributed by atoms with E-state index >= 15 is 0 Å². The molecule has 1 atom stereocenters. The molecule has 0 radical (unpaired) electrons. The van der Waals surface area contributed by atoms with Crippen molar-refractivity contribution in [1.29, 1.82) is 0 Å². The van der Waals surface area contributed by atoms with Gasteiger partial charge in [0.1, 0.15) is 0 Å². The molecular weight excluding hydrogens is 346 g/mol. The molecule has 0 unspecified atom stereocenters. The van der Waals surface area contributed by atoms with Gasteiger partial charge in [-0.05, 0) is 31.4 Å². The standard InChI is InChI=1S/C16H13N3O5S/c1-9-5-6-11(8-12(9)19(21)22)16(20)23-10(2)14-17-18-15(24-14)13-4-3-7-25-13/h3-8,10H,1-2H3/t10-/m0/s1. The zero-order chi connectivity index (χ0) is 18.0. The molecule has 128 valence electrons. The van der Waals surface area contributed by atoms with Crippen molar-refractivity contribution in [1.82, 2.24) is 10.2 Å². The van der Waals surface area contributed by atoms with Crippen molar-refractivity contribution in [2.45, 2.75) is 20.0 Å². The Kier molecular flexibility index (Phi) is 4.57. The van der Waals surface area contributed by atoms with Crippen LogP contribution in [0.15, 0.2) is 40.1 Å². The number of thiophene rings is 1. The molecule has 0 aliphatic rings. The van der Waals surface area contributed by atoms with Crippen LogP contribution in [0.1, 0.15) is 34.8 Å². The number of esters is 1. The molecule has 0 fully saturated rings. The van der Waals surface area contributed by atoms with Crippen LogP contribution in [0.3, 0.4) is 0 Å². The Hall–Kier alpha value is -3.07. The minimum absolute atomic E-state index is 0.0853. The van der Waals surface area contributed by atoms with Crippen molar-refractivity contribution in [3.8, 4) is 10.8 Å². The number of nitro benzene ring substituents is 1. The van der Waals surface area contributed by atoms with Crippen LogP contribution in [0.2, 0.25) is 0 Å². The molecule has 8 nitrogen and oxygen atoms in total. The van der Waals surface area contributed by atoms with E-state index in [0.29, 0.717) is 11.5 Å². The first-order valence-corrected chi connectivity index (χ1v) is 8.17. The molecule has 0 amide bonds. The first kappa shape index (κ1) is 16.8. The Morgan fingerprint density at radius 2 is 2.16 bits per heavy atom. The average molecular weight is 359 g/mol. The second-order valence-electron chi connectivity index (χ2n) is 5.23. The third-order valence-electron chi connectivity index (χ3n) is 3.45. The highest BCUT2D eigenvalue weighted by Crippen LogP contribution is 2.27. The number of rotatable bonds is 5. The fraction of sp³-hybridized carbons (Fsp3) is 0.188. The monoisotopic (exact) mass is 359 g/mol. The maximum absolute atomic E-state index is 12.2. The first-order chi connectivity index (χ1) is 12.0. The van der Waals surface area contributed by atoms with E-state index in [1.54, 1.807) is 13.8 Å². The molecule has 0 aliphatic carbocycles.